The van der Waals surface area contributed by atoms with E-state index in [0.717, 1.165) is 5.57 Å². The molecule has 0 aromatic heterocycles. The number of Topliss-reactive ketones (excluding diaryl/α,β-unsaturated/α-hetero) is 1. The minimum atomic E-state index is -0.870. The molecule has 0 radical (unpaired) electrons. The fraction of sp³-hybridized carbons (Fsp3) is 0.600. The van der Waals surface area contributed by atoms with Crippen LogP contribution in [0.4, 0.5) is 0 Å². The molecule has 0 heterocycles. The summed E-state index contributed by atoms with van der Waals surface area (Å²) in [6, 6.07) is 0. The highest BCUT2D eigenvalue weighted by Gasteiger charge is 2.52. The number of carboxylic acids is 1. The van der Waals surface area contributed by atoms with Crippen LogP contribution in [0.1, 0.15) is 46.5 Å². The zero-order valence-electron chi connectivity index (χ0n) is 11.6. The zero-order chi connectivity index (χ0) is 14.4. The van der Waals surface area contributed by atoms with E-state index in [9.17, 15) is 14.7 Å². The Morgan fingerprint density at radius 2 is 2.00 bits per heavy atom. The molecule has 104 valence electrons. The van der Waals surface area contributed by atoms with Crippen molar-refractivity contribution in [3.8, 4) is 0 Å². The molecule has 0 aromatic rings. The lowest BCUT2D eigenvalue weighted by molar-refractivity contribution is -0.133. The molecule has 2 aliphatic carbocycles. The minimum absolute atomic E-state index is 0.119. The van der Waals surface area contributed by atoms with Gasteiger partial charge < -0.3 is 10.2 Å². The van der Waals surface area contributed by atoms with Gasteiger partial charge in [0.2, 0.25) is 0 Å². The normalized spacial score (nSPS) is 30.5. The first kappa shape index (κ1) is 13.8. The average Bonchev–Trinajstić information content (AvgIpc) is 2.34. The fourth-order valence-electron chi connectivity index (χ4n) is 3.60. The van der Waals surface area contributed by atoms with Gasteiger partial charge in [-0.25, -0.2) is 4.79 Å². The quantitative estimate of drug-likeness (QED) is 0.763. The van der Waals surface area contributed by atoms with E-state index in [-0.39, 0.29) is 22.4 Å². The van der Waals surface area contributed by atoms with Crippen LogP contribution in [0.2, 0.25) is 0 Å². The highest BCUT2D eigenvalue weighted by molar-refractivity contribution is 5.95. The van der Waals surface area contributed by atoms with Crippen LogP contribution in [0.25, 0.3) is 0 Å². The van der Waals surface area contributed by atoms with E-state index in [1.54, 1.807) is 13.0 Å². The second-order valence-corrected chi connectivity index (χ2v) is 6.28. The van der Waals surface area contributed by atoms with Crippen LogP contribution < -0.4 is 0 Å². The van der Waals surface area contributed by atoms with Gasteiger partial charge in [-0.05, 0) is 37.2 Å². The van der Waals surface area contributed by atoms with Crippen molar-refractivity contribution in [2.24, 2.45) is 10.8 Å². The molecule has 1 atom stereocenters. The maximum atomic E-state index is 11.8. The molecule has 2 rings (SSSR count). The number of rotatable bonds is 1. The number of hydrogen-bond donors (Lipinski definition) is 2. The van der Waals surface area contributed by atoms with Crippen molar-refractivity contribution in [1.29, 1.82) is 0 Å². The van der Waals surface area contributed by atoms with Gasteiger partial charge in [-0.1, -0.05) is 19.9 Å². The summed E-state index contributed by atoms with van der Waals surface area (Å²) in [7, 11) is 0. The van der Waals surface area contributed by atoms with Crippen molar-refractivity contribution in [2.45, 2.75) is 46.5 Å². The monoisotopic (exact) mass is 264 g/mol. The predicted octanol–water partition coefficient (Wildman–Crippen LogP) is 3.00. The van der Waals surface area contributed by atoms with Crippen molar-refractivity contribution < 1.29 is 19.8 Å². The van der Waals surface area contributed by atoms with Crippen LogP contribution in [-0.2, 0) is 9.59 Å². The molecule has 0 fully saturated rings. The molecule has 0 saturated carbocycles. The van der Waals surface area contributed by atoms with Crippen molar-refractivity contribution in [2.75, 3.05) is 0 Å². The third kappa shape index (κ3) is 1.90. The molecule has 0 bridgehead atoms. The molecule has 1 spiro atoms. The van der Waals surface area contributed by atoms with Crippen molar-refractivity contribution in [3.63, 3.8) is 0 Å². The summed E-state index contributed by atoms with van der Waals surface area (Å²) in [5, 5.41) is 19.0. The van der Waals surface area contributed by atoms with E-state index in [0.29, 0.717) is 31.3 Å². The Hall–Kier alpha value is -1.58. The Balaban J connectivity index is 2.48. The van der Waals surface area contributed by atoms with Gasteiger partial charge in [-0.15, -0.1) is 0 Å². The minimum Gasteiger partial charge on any atom is -0.504 e. The summed E-state index contributed by atoms with van der Waals surface area (Å²) in [5.74, 6) is -1.20. The number of hydrogen-bond acceptors (Lipinski definition) is 3. The first-order chi connectivity index (χ1) is 8.71. The molecule has 2 aliphatic rings. The topological polar surface area (TPSA) is 74.6 Å². The number of carboxylic acid groups (broad SMARTS) is 1. The molecule has 0 saturated heterocycles. The highest BCUT2D eigenvalue weighted by Crippen LogP contribution is 2.58. The molecule has 4 heteroatoms. The maximum absolute atomic E-state index is 11.8. The predicted molar refractivity (Wildman–Crippen MR) is 70.7 cm³/mol. The lowest BCUT2D eigenvalue weighted by Gasteiger charge is -2.51. The first-order valence-electron chi connectivity index (χ1n) is 6.57. The molecule has 0 amide bonds. The number of allylic oxidation sites excluding steroid dienone is 3. The number of aliphatic carboxylic acids is 1. The van der Waals surface area contributed by atoms with E-state index < -0.39 is 5.97 Å². The maximum Gasteiger partial charge on any atom is 0.331 e. The fourth-order valence-corrected chi connectivity index (χ4v) is 3.60. The Labute approximate surface area is 112 Å². The molecular weight excluding hydrogens is 244 g/mol. The third-order valence-corrected chi connectivity index (χ3v) is 5.03. The van der Waals surface area contributed by atoms with Gasteiger partial charge in [0.25, 0.3) is 0 Å². The molecule has 19 heavy (non-hydrogen) atoms. The third-order valence-electron chi connectivity index (χ3n) is 5.03. The van der Waals surface area contributed by atoms with E-state index in [1.807, 2.05) is 13.8 Å². The Morgan fingerprint density at radius 3 is 2.47 bits per heavy atom. The molecule has 0 aliphatic heterocycles. The van der Waals surface area contributed by atoms with Crippen LogP contribution in [0.5, 0.6) is 0 Å². The van der Waals surface area contributed by atoms with Gasteiger partial charge in [0, 0.05) is 17.4 Å². The van der Waals surface area contributed by atoms with Crippen LogP contribution >= 0.6 is 0 Å². The molecular formula is C15H20O4. The van der Waals surface area contributed by atoms with Gasteiger partial charge in [-0.2, -0.15) is 0 Å². The van der Waals surface area contributed by atoms with E-state index in [1.165, 1.54) is 0 Å². The lowest BCUT2D eigenvalue weighted by atomic mass is 9.52. The average molecular weight is 264 g/mol. The largest absolute Gasteiger partial charge is 0.504 e. The smallest absolute Gasteiger partial charge is 0.331 e. The van der Waals surface area contributed by atoms with Gasteiger partial charge in [0.05, 0.1) is 0 Å². The van der Waals surface area contributed by atoms with Crippen LogP contribution in [0.3, 0.4) is 0 Å². The second-order valence-electron chi connectivity index (χ2n) is 6.28. The van der Waals surface area contributed by atoms with Gasteiger partial charge >= 0.3 is 5.97 Å². The summed E-state index contributed by atoms with van der Waals surface area (Å²) < 4.78 is 0. The summed E-state index contributed by atoms with van der Waals surface area (Å²) in [6.45, 7) is 5.86. The van der Waals surface area contributed by atoms with Gasteiger partial charge in [0.15, 0.2) is 11.5 Å². The van der Waals surface area contributed by atoms with E-state index in [4.69, 9.17) is 5.11 Å². The van der Waals surface area contributed by atoms with Crippen LogP contribution in [0.15, 0.2) is 23.0 Å². The van der Waals surface area contributed by atoms with Crippen molar-refractivity contribution in [3.05, 3.63) is 23.0 Å². The Kier molecular flexibility index (Phi) is 3.07. The molecule has 0 unspecified atom stereocenters. The molecule has 2 N–H and O–H groups in total. The van der Waals surface area contributed by atoms with Crippen LogP contribution in [0, 0.1) is 10.8 Å². The number of ketones is 1. The van der Waals surface area contributed by atoms with E-state index >= 15 is 0 Å². The number of aliphatic hydroxyl groups is 1. The van der Waals surface area contributed by atoms with E-state index in [2.05, 4.69) is 0 Å². The number of carbonyl (C=O) groups is 2. The Morgan fingerprint density at radius 1 is 1.37 bits per heavy atom. The number of aliphatic hydroxyl groups excluding tert-OH is 1. The van der Waals surface area contributed by atoms with Crippen LogP contribution in [-0.4, -0.2) is 22.0 Å². The summed E-state index contributed by atoms with van der Waals surface area (Å²) in [6.07, 6.45) is 3.79. The SMILES string of the molecule is CC1=C(O)C(=O)CC(C)(C)[C@@]12CC=C(C(=O)O)CC2. The Bertz CT molecular complexity index is 510. The second kappa shape index (κ2) is 4.22. The summed E-state index contributed by atoms with van der Waals surface area (Å²) in [5.41, 5.74) is 0.588. The number of carbonyl (C=O) groups excluding carboxylic acids is 1. The highest BCUT2D eigenvalue weighted by atomic mass is 16.4. The lowest BCUT2D eigenvalue weighted by Crippen LogP contribution is -2.46. The molecule has 4 nitrogen and oxygen atoms in total. The van der Waals surface area contributed by atoms with Gasteiger partial charge in [-0.3, -0.25) is 4.79 Å². The first-order valence-corrected chi connectivity index (χ1v) is 6.57. The van der Waals surface area contributed by atoms with Crippen molar-refractivity contribution >= 4 is 11.8 Å². The van der Waals surface area contributed by atoms with Gasteiger partial charge in [0.1, 0.15) is 0 Å². The zero-order valence-corrected chi connectivity index (χ0v) is 11.6. The van der Waals surface area contributed by atoms with Crippen molar-refractivity contribution in [1.82, 2.24) is 0 Å². The summed E-state index contributed by atoms with van der Waals surface area (Å²) >= 11 is 0. The standard InChI is InChI=1S/C15H20O4/c1-9-12(17)11(16)8-14(2,3)15(9)6-4-10(5-7-15)13(18)19/h4,17H,5-8H2,1-3H3,(H,18,19)/t15-/m1/s1. The summed E-state index contributed by atoms with van der Waals surface area (Å²) in [4.78, 5) is 22.8. The molecule has 0 aromatic carbocycles.